The van der Waals surface area contributed by atoms with Crippen LogP contribution in [-0.2, 0) is 4.74 Å². The van der Waals surface area contributed by atoms with E-state index in [2.05, 4.69) is 11.1 Å². The first-order chi connectivity index (χ1) is 8.77. The third kappa shape index (κ3) is 5.37. The normalized spacial score (nSPS) is 17.4. The first kappa shape index (κ1) is 14.8. The molecule has 0 unspecified atom stereocenters. The highest BCUT2D eigenvalue weighted by Gasteiger charge is 2.14. The number of nitriles is 1. The molecule has 5 heteroatoms. The van der Waals surface area contributed by atoms with Gasteiger partial charge in [-0.15, -0.1) is 0 Å². The van der Waals surface area contributed by atoms with Crippen molar-refractivity contribution in [1.82, 2.24) is 4.90 Å². The number of ether oxygens (including phenoxy) is 1. The largest absolute Gasteiger partial charge is 0.383 e. The lowest BCUT2D eigenvalue weighted by Gasteiger charge is -2.25. The first-order valence-electron chi connectivity index (χ1n) is 6.72. The van der Waals surface area contributed by atoms with Gasteiger partial charge in [-0.3, -0.25) is 0 Å². The molecular formula is C13H24N4O. The van der Waals surface area contributed by atoms with Gasteiger partial charge in [0.05, 0.1) is 25.1 Å². The second-order valence-corrected chi connectivity index (χ2v) is 4.67. The molecule has 0 aromatic rings. The molecule has 1 saturated carbocycles. The molecule has 0 atom stereocenters. The van der Waals surface area contributed by atoms with Crippen LogP contribution in [0.15, 0.2) is 4.99 Å². The second kappa shape index (κ2) is 8.76. The Bertz CT molecular complexity index is 292. The Labute approximate surface area is 110 Å². The van der Waals surface area contributed by atoms with Gasteiger partial charge < -0.3 is 15.4 Å². The molecule has 0 bridgehead atoms. The number of hydrogen-bond donors (Lipinski definition) is 1. The summed E-state index contributed by atoms with van der Waals surface area (Å²) in [6.07, 6.45) is 6.54. The van der Waals surface area contributed by atoms with Crippen LogP contribution in [0.25, 0.3) is 0 Å². The molecule has 5 nitrogen and oxygen atoms in total. The van der Waals surface area contributed by atoms with Crippen molar-refractivity contribution in [2.24, 2.45) is 10.7 Å². The summed E-state index contributed by atoms with van der Waals surface area (Å²) >= 11 is 0. The number of nitrogens with two attached hydrogens (primary N) is 1. The van der Waals surface area contributed by atoms with Crippen LogP contribution in [0, 0.1) is 11.3 Å². The molecule has 0 aliphatic heterocycles. The Morgan fingerprint density at radius 2 is 2.11 bits per heavy atom. The number of aliphatic imine (C=N–C) groups is 1. The van der Waals surface area contributed by atoms with Gasteiger partial charge in [-0.05, 0) is 12.8 Å². The van der Waals surface area contributed by atoms with Gasteiger partial charge >= 0.3 is 0 Å². The molecule has 102 valence electrons. The van der Waals surface area contributed by atoms with E-state index in [4.69, 9.17) is 15.7 Å². The van der Waals surface area contributed by atoms with Crippen molar-refractivity contribution in [1.29, 1.82) is 5.26 Å². The Kier molecular flexibility index (Phi) is 7.19. The zero-order valence-electron chi connectivity index (χ0n) is 11.3. The van der Waals surface area contributed by atoms with E-state index in [0.29, 0.717) is 38.1 Å². The summed E-state index contributed by atoms with van der Waals surface area (Å²) in [4.78, 5) is 6.54. The van der Waals surface area contributed by atoms with Crippen LogP contribution in [0.2, 0.25) is 0 Å². The Morgan fingerprint density at radius 1 is 1.39 bits per heavy atom. The van der Waals surface area contributed by atoms with Crippen LogP contribution in [0.3, 0.4) is 0 Å². The molecule has 0 saturated heterocycles. The zero-order valence-corrected chi connectivity index (χ0v) is 11.3. The van der Waals surface area contributed by atoms with Crippen molar-refractivity contribution >= 4 is 5.96 Å². The molecular weight excluding hydrogens is 228 g/mol. The monoisotopic (exact) mass is 252 g/mol. The van der Waals surface area contributed by atoms with E-state index >= 15 is 0 Å². The predicted octanol–water partition coefficient (Wildman–Crippen LogP) is 1.50. The molecule has 2 N–H and O–H groups in total. The lowest BCUT2D eigenvalue weighted by molar-refractivity contribution is 0.176. The maximum absolute atomic E-state index is 8.66. The highest BCUT2D eigenvalue weighted by Crippen LogP contribution is 2.20. The van der Waals surface area contributed by atoms with Crippen molar-refractivity contribution in [3.63, 3.8) is 0 Å². The molecule has 0 spiro atoms. The molecule has 0 amide bonds. The molecule has 0 heterocycles. The average Bonchev–Trinajstić information content (AvgIpc) is 2.40. The van der Waals surface area contributed by atoms with Gasteiger partial charge in [-0.25, -0.2) is 4.99 Å². The summed E-state index contributed by atoms with van der Waals surface area (Å²) in [6, 6.07) is 2.51. The number of nitrogens with zero attached hydrogens (tertiary/aromatic N) is 3. The maximum Gasteiger partial charge on any atom is 0.191 e. The summed E-state index contributed by atoms with van der Waals surface area (Å²) in [6.45, 7) is 1.93. The van der Waals surface area contributed by atoms with Crippen LogP contribution in [0.5, 0.6) is 0 Å². The Morgan fingerprint density at radius 3 is 2.72 bits per heavy atom. The molecule has 1 fully saturated rings. The van der Waals surface area contributed by atoms with E-state index in [1.165, 1.54) is 19.3 Å². The third-order valence-electron chi connectivity index (χ3n) is 3.27. The molecule has 1 aliphatic carbocycles. The summed E-state index contributed by atoms with van der Waals surface area (Å²) in [5, 5.41) is 8.66. The molecule has 0 aromatic heterocycles. The van der Waals surface area contributed by atoms with E-state index in [-0.39, 0.29) is 0 Å². The van der Waals surface area contributed by atoms with Gasteiger partial charge in [0.15, 0.2) is 5.96 Å². The smallest absolute Gasteiger partial charge is 0.191 e. The van der Waals surface area contributed by atoms with E-state index in [1.54, 1.807) is 7.11 Å². The van der Waals surface area contributed by atoms with E-state index in [1.807, 2.05) is 4.90 Å². The van der Waals surface area contributed by atoms with Crippen molar-refractivity contribution in [2.75, 3.05) is 26.8 Å². The van der Waals surface area contributed by atoms with Crippen LogP contribution < -0.4 is 5.73 Å². The van der Waals surface area contributed by atoms with E-state index in [9.17, 15) is 0 Å². The highest BCUT2D eigenvalue weighted by atomic mass is 16.5. The third-order valence-corrected chi connectivity index (χ3v) is 3.27. The SMILES string of the molecule is COCCN(CCC#N)C(N)=NC1CCCCC1. The van der Waals surface area contributed by atoms with Gasteiger partial charge in [0.25, 0.3) is 0 Å². The summed E-state index contributed by atoms with van der Waals surface area (Å²) in [5.41, 5.74) is 6.04. The van der Waals surface area contributed by atoms with Gasteiger partial charge in [-0.1, -0.05) is 19.3 Å². The minimum Gasteiger partial charge on any atom is -0.383 e. The standard InChI is InChI=1S/C13H24N4O/c1-18-11-10-17(9-5-8-14)13(15)16-12-6-3-2-4-7-12/h12H,2-7,9-11H2,1H3,(H2,15,16). The van der Waals surface area contributed by atoms with Gasteiger partial charge in [0.2, 0.25) is 0 Å². The van der Waals surface area contributed by atoms with Crippen LogP contribution in [0.4, 0.5) is 0 Å². The highest BCUT2D eigenvalue weighted by molar-refractivity contribution is 5.78. The second-order valence-electron chi connectivity index (χ2n) is 4.67. The Hall–Kier alpha value is -1.28. The summed E-state index contributed by atoms with van der Waals surface area (Å²) in [7, 11) is 1.66. The summed E-state index contributed by atoms with van der Waals surface area (Å²) in [5.74, 6) is 0.564. The molecule has 1 aliphatic rings. The fourth-order valence-corrected chi connectivity index (χ4v) is 2.21. The van der Waals surface area contributed by atoms with Crippen molar-refractivity contribution in [3.8, 4) is 6.07 Å². The Balaban J connectivity index is 2.52. The van der Waals surface area contributed by atoms with Crippen LogP contribution in [0.1, 0.15) is 38.5 Å². The van der Waals surface area contributed by atoms with E-state index in [0.717, 1.165) is 12.8 Å². The van der Waals surface area contributed by atoms with Gasteiger partial charge in [0, 0.05) is 20.2 Å². The fourth-order valence-electron chi connectivity index (χ4n) is 2.21. The average molecular weight is 252 g/mol. The molecule has 0 aromatic carbocycles. The topological polar surface area (TPSA) is 74.6 Å². The molecule has 0 radical (unpaired) electrons. The minimum atomic E-state index is 0.367. The van der Waals surface area contributed by atoms with Crippen molar-refractivity contribution in [2.45, 2.75) is 44.6 Å². The fraction of sp³-hybridized carbons (Fsp3) is 0.846. The quantitative estimate of drug-likeness (QED) is 0.574. The minimum absolute atomic E-state index is 0.367. The lowest BCUT2D eigenvalue weighted by Crippen LogP contribution is -2.41. The zero-order chi connectivity index (χ0) is 13.2. The molecule has 1 rings (SSSR count). The number of hydrogen-bond acceptors (Lipinski definition) is 3. The lowest BCUT2D eigenvalue weighted by atomic mass is 9.96. The molecule has 18 heavy (non-hydrogen) atoms. The summed E-state index contributed by atoms with van der Waals surface area (Å²) < 4.78 is 5.06. The first-order valence-corrected chi connectivity index (χ1v) is 6.72. The van der Waals surface area contributed by atoms with Gasteiger partial charge in [0.1, 0.15) is 0 Å². The van der Waals surface area contributed by atoms with E-state index < -0.39 is 0 Å². The van der Waals surface area contributed by atoms with Gasteiger partial charge in [-0.2, -0.15) is 5.26 Å². The number of rotatable bonds is 6. The van der Waals surface area contributed by atoms with Crippen molar-refractivity contribution in [3.05, 3.63) is 0 Å². The van der Waals surface area contributed by atoms with Crippen LogP contribution >= 0.6 is 0 Å². The maximum atomic E-state index is 8.66. The predicted molar refractivity (Wildman–Crippen MR) is 72.2 cm³/mol. The number of guanidine groups is 1. The number of methoxy groups -OCH3 is 1. The van der Waals surface area contributed by atoms with Crippen molar-refractivity contribution < 1.29 is 4.74 Å². The van der Waals surface area contributed by atoms with Crippen LogP contribution in [-0.4, -0.2) is 43.7 Å².